The van der Waals surface area contributed by atoms with E-state index in [2.05, 4.69) is 10.3 Å². The first-order chi connectivity index (χ1) is 17.0. The van der Waals surface area contributed by atoms with Gasteiger partial charge in [-0.15, -0.1) is 0 Å². The lowest BCUT2D eigenvalue weighted by molar-refractivity contribution is -0.134. The van der Waals surface area contributed by atoms with E-state index in [1.165, 1.54) is 26.1 Å². The molecule has 1 atom stereocenters. The molecule has 1 fully saturated rings. The number of aromatic nitrogens is 2. The lowest BCUT2D eigenvalue weighted by Crippen LogP contribution is -2.46. The van der Waals surface area contributed by atoms with Gasteiger partial charge in [-0.3, -0.25) is 28.8 Å². The number of anilines is 2. The molecule has 0 aliphatic carbocycles. The van der Waals surface area contributed by atoms with Gasteiger partial charge in [-0.25, -0.2) is 14.0 Å². The predicted octanol–water partition coefficient (Wildman–Crippen LogP) is 0.736. The number of aromatic amines is 1. The van der Waals surface area contributed by atoms with Crippen LogP contribution in [0.5, 0.6) is 0 Å². The highest BCUT2D eigenvalue weighted by Crippen LogP contribution is 2.29. The molecule has 1 aliphatic heterocycles. The molecule has 1 unspecified atom stereocenters. The van der Waals surface area contributed by atoms with Crippen LogP contribution in [-0.2, 0) is 21.7 Å². The van der Waals surface area contributed by atoms with Gasteiger partial charge in [-0.05, 0) is 30.2 Å². The highest BCUT2D eigenvalue weighted by atomic mass is 19.1. The van der Waals surface area contributed by atoms with Gasteiger partial charge in [0.05, 0.1) is 6.54 Å². The molecule has 3 aromatic rings. The van der Waals surface area contributed by atoms with Crippen molar-refractivity contribution < 1.29 is 18.8 Å². The summed E-state index contributed by atoms with van der Waals surface area (Å²) in [4.78, 5) is 67.4. The third-order valence-electron chi connectivity index (χ3n) is 6.10. The maximum atomic E-state index is 13.3. The van der Waals surface area contributed by atoms with E-state index in [4.69, 9.17) is 5.73 Å². The van der Waals surface area contributed by atoms with Gasteiger partial charge in [0.1, 0.15) is 23.7 Å². The number of nitrogens with zero attached hydrogens (tertiary/aromatic N) is 3. The Morgan fingerprint density at radius 2 is 1.69 bits per heavy atom. The number of nitrogen functional groups attached to an aromatic ring is 1. The Hall–Kier alpha value is -4.74. The zero-order valence-corrected chi connectivity index (χ0v) is 19.4. The van der Waals surface area contributed by atoms with Gasteiger partial charge in [0.2, 0.25) is 5.91 Å². The smallest absolute Gasteiger partial charge is 0.330 e. The van der Waals surface area contributed by atoms with Crippen molar-refractivity contribution in [1.82, 2.24) is 19.8 Å². The Labute approximate surface area is 203 Å². The van der Waals surface area contributed by atoms with E-state index in [1.54, 1.807) is 30.3 Å². The number of nitrogens with two attached hydrogens (primary N) is 1. The molecule has 0 saturated carbocycles. The monoisotopic (exact) mass is 494 g/mol. The number of H-pyrrole nitrogens is 1. The molecule has 1 aromatic heterocycles. The van der Waals surface area contributed by atoms with Crippen molar-refractivity contribution in [1.29, 1.82) is 0 Å². The molecule has 0 spiro atoms. The van der Waals surface area contributed by atoms with Crippen LogP contribution in [0.2, 0.25) is 0 Å². The molecule has 36 heavy (non-hydrogen) atoms. The summed E-state index contributed by atoms with van der Waals surface area (Å²) in [5, 5.41) is 2.52. The van der Waals surface area contributed by atoms with Gasteiger partial charge in [-0.1, -0.05) is 42.5 Å². The number of halogens is 1. The third kappa shape index (κ3) is 4.24. The molecule has 1 aliphatic rings. The highest BCUT2D eigenvalue weighted by Gasteiger charge is 2.49. The highest BCUT2D eigenvalue weighted by molar-refractivity contribution is 6.10. The zero-order chi connectivity index (χ0) is 26.2. The molecule has 186 valence electrons. The van der Waals surface area contributed by atoms with Crippen LogP contribution in [0.4, 0.5) is 20.7 Å². The Bertz CT molecular complexity index is 1470. The average molecular weight is 494 g/mol. The van der Waals surface area contributed by atoms with Crippen LogP contribution in [0.3, 0.4) is 0 Å². The van der Waals surface area contributed by atoms with E-state index < -0.39 is 47.0 Å². The number of rotatable bonds is 6. The molecule has 11 nitrogen and oxygen atoms in total. The summed E-state index contributed by atoms with van der Waals surface area (Å²) in [6, 6.07) is 13.1. The number of likely N-dealkylation sites (N-methyl/N-ethyl adjacent to an activating group) is 1. The number of carbonyl (C=O) groups is 3. The maximum Gasteiger partial charge on any atom is 0.330 e. The van der Waals surface area contributed by atoms with Crippen LogP contribution in [-0.4, -0.2) is 45.9 Å². The largest absolute Gasteiger partial charge is 0.383 e. The summed E-state index contributed by atoms with van der Waals surface area (Å²) < 4.78 is 14.4. The van der Waals surface area contributed by atoms with Crippen LogP contribution in [0.25, 0.3) is 0 Å². The van der Waals surface area contributed by atoms with Crippen molar-refractivity contribution in [3.63, 3.8) is 0 Å². The first kappa shape index (κ1) is 24.4. The molecule has 4 rings (SSSR count). The Morgan fingerprint density at radius 3 is 2.33 bits per heavy atom. The first-order valence-corrected chi connectivity index (χ1v) is 10.9. The quantitative estimate of drug-likeness (QED) is 0.430. The van der Waals surface area contributed by atoms with Gasteiger partial charge >= 0.3 is 11.7 Å². The summed E-state index contributed by atoms with van der Waals surface area (Å²) in [5.74, 6) is -2.29. The molecule has 0 bridgehead atoms. The molecule has 12 heteroatoms. The molecule has 2 heterocycles. The SMILES string of the molecule is CN(C(=O)CN1C(=O)NC(C)(c2ccc(F)cc2)C1=O)c1c(N)n(Cc2ccccc2)c(=O)[nH]c1=O. The third-order valence-corrected chi connectivity index (χ3v) is 6.10. The number of hydrogen-bond acceptors (Lipinski definition) is 6. The maximum absolute atomic E-state index is 13.3. The summed E-state index contributed by atoms with van der Waals surface area (Å²) in [7, 11) is 1.25. The Kier molecular flexibility index (Phi) is 6.19. The van der Waals surface area contributed by atoms with Crippen LogP contribution in [0.15, 0.2) is 64.2 Å². The fraction of sp³-hybridized carbons (Fsp3) is 0.208. The van der Waals surface area contributed by atoms with Crippen LogP contribution < -0.4 is 27.2 Å². The fourth-order valence-electron chi connectivity index (χ4n) is 4.01. The van der Waals surface area contributed by atoms with E-state index in [0.29, 0.717) is 10.5 Å². The number of benzene rings is 2. The topological polar surface area (TPSA) is 151 Å². The van der Waals surface area contributed by atoms with Crippen LogP contribution in [0.1, 0.15) is 18.1 Å². The van der Waals surface area contributed by atoms with Crippen molar-refractivity contribution in [3.8, 4) is 0 Å². The second-order valence-corrected chi connectivity index (χ2v) is 8.47. The zero-order valence-electron chi connectivity index (χ0n) is 19.4. The fourth-order valence-corrected chi connectivity index (χ4v) is 4.01. The molecular weight excluding hydrogens is 471 g/mol. The van der Waals surface area contributed by atoms with Gasteiger partial charge in [0, 0.05) is 7.05 Å². The van der Waals surface area contributed by atoms with Crippen LogP contribution in [0, 0.1) is 5.82 Å². The lowest BCUT2D eigenvalue weighted by atomic mass is 9.92. The second kappa shape index (κ2) is 9.13. The Balaban J connectivity index is 1.59. The molecular formula is C24H23FN6O5. The van der Waals surface area contributed by atoms with Crippen molar-refractivity contribution >= 4 is 29.4 Å². The number of imide groups is 1. The normalized spacial score (nSPS) is 17.2. The van der Waals surface area contributed by atoms with E-state index in [9.17, 15) is 28.4 Å². The molecule has 4 N–H and O–H groups in total. The summed E-state index contributed by atoms with van der Waals surface area (Å²) in [6.45, 7) is 0.784. The Morgan fingerprint density at radius 1 is 1.06 bits per heavy atom. The first-order valence-electron chi connectivity index (χ1n) is 10.9. The number of nitrogens with one attached hydrogen (secondary N) is 2. The minimum absolute atomic E-state index is 0.0420. The average Bonchev–Trinajstić information content (AvgIpc) is 3.06. The van der Waals surface area contributed by atoms with Crippen molar-refractivity contribution in [2.75, 3.05) is 24.2 Å². The van der Waals surface area contributed by atoms with E-state index >= 15 is 0 Å². The van der Waals surface area contributed by atoms with Crippen molar-refractivity contribution in [3.05, 3.63) is 92.4 Å². The summed E-state index contributed by atoms with van der Waals surface area (Å²) >= 11 is 0. The van der Waals surface area contributed by atoms with E-state index in [1.807, 2.05) is 0 Å². The molecule has 0 radical (unpaired) electrons. The van der Waals surface area contributed by atoms with Crippen molar-refractivity contribution in [2.24, 2.45) is 0 Å². The standard InChI is InChI=1S/C24H23FN6O5/c1-24(15-8-10-16(25)11-9-15)21(34)31(23(36)28-24)13-17(32)29(2)18-19(26)30(22(35)27-20(18)33)12-14-6-4-3-5-7-14/h3-11H,12-13,26H2,1-2H3,(H,28,36)(H,27,33,35). The second-order valence-electron chi connectivity index (χ2n) is 8.47. The van der Waals surface area contributed by atoms with Gasteiger partial charge in [-0.2, -0.15) is 0 Å². The van der Waals surface area contributed by atoms with Gasteiger partial charge < -0.3 is 16.0 Å². The summed E-state index contributed by atoms with van der Waals surface area (Å²) in [6.07, 6.45) is 0. The van der Waals surface area contributed by atoms with Gasteiger partial charge in [0.15, 0.2) is 5.69 Å². The number of hydrogen-bond donors (Lipinski definition) is 3. The lowest BCUT2D eigenvalue weighted by Gasteiger charge is -2.24. The van der Waals surface area contributed by atoms with E-state index in [0.717, 1.165) is 27.2 Å². The molecule has 4 amide bonds. The number of carbonyl (C=O) groups excluding carboxylic acids is 3. The number of amides is 4. The van der Waals surface area contributed by atoms with Crippen LogP contribution >= 0.6 is 0 Å². The van der Waals surface area contributed by atoms with Gasteiger partial charge in [0.25, 0.3) is 11.5 Å². The number of urea groups is 1. The predicted molar refractivity (Wildman–Crippen MR) is 129 cm³/mol. The van der Waals surface area contributed by atoms with E-state index in [-0.39, 0.29) is 18.1 Å². The minimum atomic E-state index is -1.51. The summed E-state index contributed by atoms with van der Waals surface area (Å²) in [5.41, 5.74) is 3.73. The molecule has 2 aromatic carbocycles. The van der Waals surface area contributed by atoms with Crippen molar-refractivity contribution in [2.45, 2.75) is 19.0 Å². The molecule has 1 saturated heterocycles. The minimum Gasteiger partial charge on any atom is -0.383 e.